The minimum absolute atomic E-state index is 0.162. The SMILES string of the molecule is Cc1cc(-c2cccc3cc(-c4nc(NCCN/C=C\N)ncc4F)sc23)c(C(C)N)cn1. The lowest BCUT2D eigenvalue weighted by Gasteiger charge is -2.14. The van der Waals surface area contributed by atoms with Crippen LogP contribution in [0.5, 0.6) is 0 Å². The van der Waals surface area contributed by atoms with E-state index in [4.69, 9.17) is 11.5 Å². The van der Waals surface area contributed by atoms with Gasteiger partial charge in [0.25, 0.3) is 0 Å². The summed E-state index contributed by atoms with van der Waals surface area (Å²) in [5.74, 6) is -0.0968. The van der Waals surface area contributed by atoms with Crippen molar-refractivity contribution in [2.75, 3.05) is 18.4 Å². The highest BCUT2D eigenvalue weighted by Crippen LogP contribution is 2.41. The van der Waals surface area contributed by atoms with Gasteiger partial charge in [0.05, 0.1) is 11.1 Å². The van der Waals surface area contributed by atoms with E-state index >= 15 is 0 Å². The van der Waals surface area contributed by atoms with Crippen LogP contribution in [-0.2, 0) is 0 Å². The third-order valence-corrected chi connectivity index (χ3v) is 6.33. The van der Waals surface area contributed by atoms with Gasteiger partial charge in [-0.15, -0.1) is 11.3 Å². The third-order valence-electron chi connectivity index (χ3n) is 5.14. The second-order valence-corrected chi connectivity index (χ2v) is 8.72. The Hall–Kier alpha value is -3.56. The van der Waals surface area contributed by atoms with E-state index in [9.17, 15) is 4.39 Å². The Morgan fingerprint density at radius 2 is 2.00 bits per heavy atom. The largest absolute Gasteiger partial charge is 0.403 e. The quantitative estimate of drug-likeness (QED) is 0.288. The number of rotatable bonds is 8. The Labute approximate surface area is 195 Å². The Kier molecular flexibility index (Phi) is 6.81. The van der Waals surface area contributed by atoms with Crippen LogP contribution in [0, 0.1) is 12.7 Å². The fraction of sp³-hybridized carbons (Fsp3) is 0.208. The normalized spacial score (nSPS) is 12.4. The number of aromatic nitrogens is 3. The zero-order valence-electron chi connectivity index (χ0n) is 18.5. The van der Waals surface area contributed by atoms with Crippen LogP contribution in [0.3, 0.4) is 0 Å². The van der Waals surface area contributed by atoms with E-state index < -0.39 is 5.82 Å². The summed E-state index contributed by atoms with van der Waals surface area (Å²) in [5, 5.41) is 7.12. The number of hydrogen-bond acceptors (Lipinski definition) is 8. The van der Waals surface area contributed by atoms with Gasteiger partial charge in [-0.1, -0.05) is 18.2 Å². The van der Waals surface area contributed by atoms with Crippen molar-refractivity contribution in [1.29, 1.82) is 0 Å². The molecule has 0 aliphatic heterocycles. The number of thiophene rings is 1. The van der Waals surface area contributed by atoms with E-state index in [-0.39, 0.29) is 11.7 Å². The lowest BCUT2D eigenvalue weighted by Crippen LogP contribution is -2.18. The summed E-state index contributed by atoms with van der Waals surface area (Å²) >= 11 is 1.50. The highest BCUT2D eigenvalue weighted by atomic mass is 32.1. The smallest absolute Gasteiger partial charge is 0.223 e. The summed E-state index contributed by atoms with van der Waals surface area (Å²) < 4.78 is 15.8. The van der Waals surface area contributed by atoms with Gasteiger partial charge in [-0.05, 0) is 48.1 Å². The number of fused-ring (bicyclic) bond motifs is 1. The lowest BCUT2D eigenvalue weighted by atomic mass is 9.96. The summed E-state index contributed by atoms with van der Waals surface area (Å²) in [4.78, 5) is 13.6. The molecule has 4 rings (SSSR count). The minimum atomic E-state index is -0.464. The predicted octanol–water partition coefficient (Wildman–Crippen LogP) is 4.32. The van der Waals surface area contributed by atoms with Crippen molar-refractivity contribution in [3.05, 3.63) is 72.2 Å². The maximum atomic E-state index is 14.7. The van der Waals surface area contributed by atoms with Gasteiger partial charge in [0.2, 0.25) is 5.95 Å². The molecule has 1 unspecified atom stereocenters. The molecule has 0 aliphatic carbocycles. The zero-order chi connectivity index (χ0) is 23.4. The van der Waals surface area contributed by atoms with Crippen molar-refractivity contribution in [2.45, 2.75) is 19.9 Å². The number of nitrogens with one attached hydrogen (secondary N) is 2. The molecular formula is C24H26FN7S. The van der Waals surface area contributed by atoms with E-state index in [2.05, 4.69) is 31.7 Å². The number of halogens is 1. The molecule has 0 radical (unpaired) electrons. The van der Waals surface area contributed by atoms with Crippen LogP contribution in [-0.4, -0.2) is 28.0 Å². The average molecular weight is 464 g/mol. The molecule has 0 aliphatic rings. The van der Waals surface area contributed by atoms with E-state index in [0.29, 0.717) is 19.0 Å². The number of hydrogen-bond donors (Lipinski definition) is 4. The molecule has 0 bridgehead atoms. The maximum Gasteiger partial charge on any atom is 0.223 e. The molecular weight excluding hydrogens is 437 g/mol. The number of aryl methyl sites for hydroxylation is 1. The summed E-state index contributed by atoms with van der Waals surface area (Å²) in [6.45, 7) is 5.10. The van der Waals surface area contributed by atoms with Gasteiger partial charge in [0, 0.05) is 48.1 Å². The molecule has 33 heavy (non-hydrogen) atoms. The van der Waals surface area contributed by atoms with E-state index in [1.165, 1.54) is 23.7 Å². The maximum absolute atomic E-state index is 14.7. The van der Waals surface area contributed by atoms with Crippen molar-refractivity contribution in [2.24, 2.45) is 11.5 Å². The molecule has 7 nitrogen and oxygen atoms in total. The van der Waals surface area contributed by atoms with E-state index in [1.807, 2.05) is 44.3 Å². The molecule has 1 atom stereocenters. The highest BCUT2D eigenvalue weighted by Gasteiger charge is 2.17. The Bertz CT molecular complexity index is 1300. The fourth-order valence-corrected chi connectivity index (χ4v) is 4.76. The number of benzene rings is 1. The van der Waals surface area contributed by atoms with Crippen LogP contribution in [0.4, 0.5) is 10.3 Å². The molecule has 9 heteroatoms. The fourth-order valence-electron chi connectivity index (χ4n) is 3.58. The van der Waals surface area contributed by atoms with Crippen molar-refractivity contribution >= 4 is 27.4 Å². The molecule has 0 saturated heterocycles. The monoisotopic (exact) mass is 463 g/mol. The summed E-state index contributed by atoms with van der Waals surface area (Å²) in [6, 6.07) is 9.94. The molecule has 4 aromatic rings. The number of pyridine rings is 1. The van der Waals surface area contributed by atoms with Gasteiger partial charge in [-0.3, -0.25) is 4.98 Å². The van der Waals surface area contributed by atoms with Gasteiger partial charge in [-0.2, -0.15) is 0 Å². The van der Waals surface area contributed by atoms with Gasteiger partial charge >= 0.3 is 0 Å². The average Bonchev–Trinajstić information content (AvgIpc) is 3.24. The van der Waals surface area contributed by atoms with E-state index in [1.54, 1.807) is 6.20 Å². The summed E-state index contributed by atoms with van der Waals surface area (Å²) in [5.41, 5.74) is 15.8. The second-order valence-electron chi connectivity index (χ2n) is 7.67. The zero-order valence-corrected chi connectivity index (χ0v) is 19.3. The molecule has 0 amide bonds. The van der Waals surface area contributed by atoms with Gasteiger partial charge in [-0.25, -0.2) is 14.4 Å². The van der Waals surface area contributed by atoms with Crippen molar-refractivity contribution < 1.29 is 4.39 Å². The summed E-state index contributed by atoms with van der Waals surface area (Å²) in [7, 11) is 0. The van der Waals surface area contributed by atoms with Crippen LogP contribution >= 0.6 is 11.3 Å². The second kappa shape index (κ2) is 9.93. The molecule has 0 spiro atoms. The lowest BCUT2D eigenvalue weighted by molar-refractivity contribution is 0.619. The molecule has 1 aromatic carbocycles. The first-order valence-electron chi connectivity index (χ1n) is 10.6. The molecule has 3 aromatic heterocycles. The topological polar surface area (TPSA) is 115 Å². The first-order chi connectivity index (χ1) is 16.0. The first kappa shape index (κ1) is 22.6. The third kappa shape index (κ3) is 4.94. The van der Waals surface area contributed by atoms with Crippen LogP contribution < -0.4 is 22.1 Å². The minimum Gasteiger partial charge on any atom is -0.403 e. The van der Waals surface area contributed by atoms with Gasteiger partial charge in [0.15, 0.2) is 5.82 Å². The Morgan fingerprint density at radius 3 is 2.79 bits per heavy atom. The highest BCUT2D eigenvalue weighted by molar-refractivity contribution is 7.22. The van der Waals surface area contributed by atoms with Crippen LogP contribution in [0.25, 0.3) is 31.8 Å². The predicted molar refractivity (Wildman–Crippen MR) is 133 cm³/mol. The molecule has 0 saturated carbocycles. The van der Waals surface area contributed by atoms with Gasteiger partial charge in [0.1, 0.15) is 5.69 Å². The standard InChI is InChI=1S/C24H26FN7S/c1-14-10-18(19(12-30-14)15(2)27)17-5-3-4-16-11-21(33-23(16)17)22-20(25)13-31-24(32-22)29-9-8-28-7-6-26/h3-7,10-13,15,28H,8-9,26-27H2,1-2H3,(H,29,31,32)/b7-6-. The number of nitrogens with zero attached hydrogens (tertiary/aromatic N) is 3. The molecule has 0 fully saturated rings. The Balaban J connectivity index is 1.72. The van der Waals surface area contributed by atoms with Crippen LogP contribution in [0.2, 0.25) is 0 Å². The summed E-state index contributed by atoms with van der Waals surface area (Å²) in [6.07, 6.45) is 6.10. The van der Waals surface area contributed by atoms with Gasteiger partial charge < -0.3 is 22.1 Å². The van der Waals surface area contributed by atoms with Crippen molar-refractivity contribution in [3.8, 4) is 21.7 Å². The van der Waals surface area contributed by atoms with Crippen LogP contribution in [0.15, 0.2) is 55.1 Å². The molecule has 6 N–H and O–H groups in total. The first-order valence-corrected chi connectivity index (χ1v) is 11.4. The molecule has 170 valence electrons. The van der Waals surface area contributed by atoms with Crippen molar-refractivity contribution in [3.63, 3.8) is 0 Å². The van der Waals surface area contributed by atoms with Crippen LogP contribution in [0.1, 0.15) is 24.2 Å². The van der Waals surface area contributed by atoms with E-state index in [0.717, 1.165) is 37.3 Å². The number of nitrogens with two attached hydrogens (primary N) is 2. The van der Waals surface area contributed by atoms with Crippen molar-refractivity contribution in [1.82, 2.24) is 20.3 Å². The molecule has 3 heterocycles. The number of anilines is 1. The Morgan fingerprint density at radius 1 is 1.15 bits per heavy atom.